The van der Waals surface area contributed by atoms with Crippen LogP contribution < -0.4 is 10.2 Å². The van der Waals surface area contributed by atoms with Crippen LogP contribution in [0.15, 0.2) is 48.5 Å². The molecule has 2 aromatic carbocycles. The van der Waals surface area contributed by atoms with E-state index in [0.29, 0.717) is 0 Å². The Labute approximate surface area is 122 Å². The number of rotatable bonds is 6. The van der Waals surface area contributed by atoms with Gasteiger partial charge in [0.25, 0.3) is 0 Å². The van der Waals surface area contributed by atoms with Gasteiger partial charge in [0.1, 0.15) is 0 Å². The summed E-state index contributed by atoms with van der Waals surface area (Å²) < 4.78 is 0. The molecule has 0 atom stereocenters. The zero-order valence-electron chi connectivity index (χ0n) is 12.7. The first kappa shape index (κ1) is 14.4. The van der Waals surface area contributed by atoms with Crippen LogP contribution in [0.25, 0.3) is 0 Å². The second-order valence-corrected chi connectivity index (χ2v) is 5.06. The topological polar surface area (TPSA) is 15.3 Å². The first-order valence-corrected chi connectivity index (χ1v) is 7.37. The Hall–Kier alpha value is -1.96. The zero-order chi connectivity index (χ0) is 14.4. The minimum absolute atomic E-state index is 0.863. The Bertz CT molecular complexity index is 510. The fraction of sp³-hybridized carbons (Fsp3) is 0.333. The van der Waals surface area contributed by atoms with Gasteiger partial charge >= 0.3 is 0 Å². The Kier molecular flexibility index (Phi) is 5.05. The van der Waals surface area contributed by atoms with Crippen LogP contribution in [0.1, 0.15) is 25.0 Å². The highest BCUT2D eigenvalue weighted by Gasteiger charge is 2.01. The SMILES string of the molecule is CCN(CC)c1ccc(CNc2ccc(C)cc2)cc1. The van der Waals surface area contributed by atoms with Crippen LogP contribution in [0.3, 0.4) is 0 Å². The molecular weight excluding hydrogens is 244 g/mol. The third kappa shape index (κ3) is 3.77. The zero-order valence-corrected chi connectivity index (χ0v) is 12.7. The van der Waals surface area contributed by atoms with E-state index in [4.69, 9.17) is 0 Å². The lowest BCUT2D eigenvalue weighted by Crippen LogP contribution is -2.21. The molecule has 0 aliphatic carbocycles. The van der Waals surface area contributed by atoms with Gasteiger partial charge in [0, 0.05) is 31.0 Å². The largest absolute Gasteiger partial charge is 0.381 e. The number of aryl methyl sites for hydroxylation is 1. The monoisotopic (exact) mass is 268 g/mol. The minimum Gasteiger partial charge on any atom is -0.381 e. The molecule has 0 aliphatic heterocycles. The molecule has 1 N–H and O–H groups in total. The molecule has 2 aromatic rings. The summed E-state index contributed by atoms with van der Waals surface area (Å²) >= 11 is 0. The second-order valence-electron chi connectivity index (χ2n) is 5.06. The van der Waals surface area contributed by atoms with E-state index in [1.807, 2.05) is 0 Å². The van der Waals surface area contributed by atoms with Gasteiger partial charge in [-0.2, -0.15) is 0 Å². The molecule has 0 aromatic heterocycles. The van der Waals surface area contributed by atoms with Gasteiger partial charge in [0.05, 0.1) is 0 Å². The predicted molar refractivity (Wildman–Crippen MR) is 88.5 cm³/mol. The summed E-state index contributed by atoms with van der Waals surface area (Å²) in [6.45, 7) is 9.46. The normalized spacial score (nSPS) is 10.3. The molecule has 0 heterocycles. The van der Waals surface area contributed by atoms with Crippen LogP contribution in [0.5, 0.6) is 0 Å². The van der Waals surface area contributed by atoms with Gasteiger partial charge in [-0.15, -0.1) is 0 Å². The van der Waals surface area contributed by atoms with Crippen LogP contribution >= 0.6 is 0 Å². The first-order valence-electron chi connectivity index (χ1n) is 7.37. The maximum atomic E-state index is 3.45. The fourth-order valence-corrected chi connectivity index (χ4v) is 2.29. The van der Waals surface area contributed by atoms with Crippen molar-refractivity contribution in [1.82, 2.24) is 0 Å². The average Bonchev–Trinajstić information content (AvgIpc) is 2.49. The average molecular weight is 268 g/mol. The Morgan fingerprint density at radius 2 is 1.45 bits per heavy atom. The van der Waals surface area contributed by atoms with E-state index in [1.165, 1.54) is 22.5 Å². The van der Waals surface area contributed by atoms with E-state index in [0.717, 1.165) is 19.6 Å². The number of hydrogen-bond acceptors (Lipinski definition) is 2. The summed E-state index contributed by atoms with van der Waals surface area (Å²) in [5.74, 6) is 0. The van der Waals surface area contributed by atoms with Gasteiger partial charge < -0.3 is 10.2 Å². The summed E-state index contributed by atoms with van der Waals surface area (Å²) in [6.07, 6.45) is 0. The standard InChI is InChI=1S/C18H24N2/c1-4-20(5-2)18-12-8-16(9-13-18)14-19-17-10-6-15(3)7-11-17/h6-13,19H,4-5,14H2,1-3H3. The second kappa shape index (κ2) is 6.99. The number of hydrogen-bond donors (Lipinski definition) is 1. The maximum Gasteiger partial charge on any atom is 0.0400 e. The third-order valence-corrected chi connectivity index (χ3v) is 3.61. The highest BCUT2D eigenvalue weighted by atomic mass is 15.1. The van der Waals surface area contributed by atoms with Gasteiger partial charge in [-0.1, -0.05) is 29.8 Å². The molecule has 2 rings (SSSR count). The van der Waals surface area contributed by atoms with Crippen molar-refractivity contribution in [1.29, 1.82) is 0 Å². The third-order valence-electron chi connectivity index (χ3n) is 3.61. The van der Waals surface area contributed by atoms with Crippen LogP contribution in [0, 0.1) is 6.92 Å². The predicted octanol–water partition coefficient (Wildman–Crippen LogP) is 4.45. The molecule has 0 unspecified atom stereocenters. The van der Waals surface area contributed by atoms with Gasteiger partial charge in [-0.05, 0) is 50.6 Å². The molecule has 0 bridgehead atoms. The van der Waals surface area contributed by atoms with Crippen molar-refractivity contribution >= 4 is 11.4 Å². The van der Waals surface area contributed by atoms with Crippen molar-refractivity contribution in [2.24, 2.45) is 0 Å². The number of anilines is 2. The molecule has 0 fully saturated rings. The number of nitrogens with one attached hydrogen (secondary N) is 1. The Balaban J connectivity index is 1.95. The van der Waals surface area contributed by atoms with E-state index in [9.17, 15) is 0 Å². The lowest BCUT2D eigenvalue weighted by atomic mass is 10.1. The van der Waals surface area contributed by atoms with Gasteiger partial charge in [-0.25, -0.2) is 0 Å². The van der Waals surface area contributed by atoms with E-state index >= 15 is 0 Å². The fourth-order valence-electron chi connectivity index (χ4n) is 2.29. The summed E-state index contributed by atoms with van der Waals surface area (Å²) in [7, 11) is 0. The molecule has 2 heteroatoms. The van der Waals surface area contributed by atoms with Crippen molar-refractivity contribution < 1.29 is 0 Å². The van der Waals surface area contributed by atoms with Gasteiger partial charge in [0.2, 0.25) is 0 Å². The highest BCUT2D eigenvalue weighted by molar-refractivity contribution is 5.49. The Morgan fingerprint density at radius 1 is 0.850 bits per heavy atom. The van der Waals surface area contributed by atoms with Crippen LogP contribution in [0.4, 0.5) is 11.4 Å². The molecule has 0 radical (unpaired) electrons. The Morgan fingerprint density at radius 3 is 2.00 bits per heavy atom. The van der Waals surface area contributed by atoms with Gasteiger partial charge in [-0.3, -0.25) is 0 Å². The van der Waals surface area contributed by atoms with Gasteiger partial charge in [0.15, 0.2) is 0 Å². The minimum atomic E-state index is 0.863. The van der Waals surface area contributed by atoms with Crippen molar-refractivity contribution in [3.8, 4) is 0 Å². The summed E-state index contributed by atoms with van der Waals surface area (Å²) in [6, 6.07) is 17.3. The van der Waals surface area contributed by atoms with Crippen LogP contribution in [-0.4, -0.2) is 13.1 Å². The number of nitrogens with zero attached hydrogens (tertiary/aromatic N) is 1. The van der Waals surface area contributed by atoms with Crippen molar-refractivity contribution in [3.05, 3.63) is 59.7 Å². The van der Waals surface area contributed by atoms with E-state index < -0.39 is 0 Å². The molecular formula is C18H24N2. The summed E-state index contributed by atoms with van der Waals surface area (Å²) in [5.41, 5.74) is 5.07. The molecule has 20 heavy (non-hydrogen) atoms. The lowest BCUT2D eigenvalue weighted by Gasteiger charge is -2.21. The van der Waals surface area contributed by atoms with E-state index in [2.05, 4.69) is 79.5 Å². The summed E-state index contributed by atoms with van der Waals surface area (Å²) in [4.78, 5) is 2.36. The molecule has 0 aliphatic rings. The van der Waals surface area contributed by atoms with Crippen LogP contribution in [0.2, 0.25) is 0 Å². The smallest absolute Gasteiger partial charge is 0.0400 e. The van der Waals surface area contributed by atoms with Crippen molar-refractivity contribution in [3.63, 3.8) is 0 Å². The molecule has 106 valence electrons. The van der Waals surface area contributed by atoms with Crippen molar-refractivity contribution in [2.75, 3.05) is 23.3 Å². The van der Waals surface area contributed by atoms with Crippen LogP contribution in [-0.2, 0) is 6.54 Å². The molecule has 0 saturated carbocycles. The quantitative estimate of drug-likeness (QED) is 0.832. The molecule has 0 spiro atoms. The number of benzene rings is 2. The molecule has 0 saturated heterocycles. The maximum absolute atomic E-state index is 3.45. The highest BCUT2D eigenvalue weighted by Crippen LogP contribution is 2.16. The summed E-state index contributed by atoms with van der Waals surface area (Å²) in [5, 5.41) is 3.45. The first-order chi connectivity index (χ1) is 9.72. The van der Waals surface area contributed by atoms with E-state index in [1.54, 1.807) is 0 Å². The lowest BCUT2D eigenvalue weighted by molar-refractivity contribution is 0.865. The van der Waals surface area contributed by atoms with E-state index in [-0.39, 0.29) is 0 Å². The molecule has 0 amide bonds. The van der Waals surface area contributed by atoms with Crippen molar-refractivity contribution in [2.45, 2.75) is 27.3 Å². The molecule has 2 nitrogen and oxygen atoms in total.